The van der Waals surface area contributed by atoms with E-state index < -0.39 is 0 Å². The lowest BCUT2D eigenvalue weighted by Gasteiger charge is -2.17. The standard InChI is InChI=1S/C10H23NS/c1-5-11-10(8-12-4)7-6-9(2)3/h9-11H,5-8H2,1-4H3. The zero-order valence-electron chi connectivity index (χ0n) is 8.89. The van der Waals surface area contributed by atoms with E-state index in [1.165, 1.54) is 18.6 Å². The lowest BCUT2D eigenvalue weighted by atomic mass is 10.0. The number of rotatable bonds is 7. The van der Waals surface area contributed by atoms with E-state index in [9.17, 15) is 0 Å². The fraction of sp³-hybridized carbons (Fsp3) is 1.00. The van der Waals surface area contributed by atoms with Crippen molar-refractivity contribution in [1.82, 2.24) is 5.32 Å². The van der Waals surface area contributed by atoms with Crippen molar-refractivity contribution in [3.05, 3.63) is 0 Å². The van der Waals surface area contributed by atoms with Crippen LogP contribution >= 0.6 is 11.8 Å². The monoisotopic (exact) mass is 189 g/mol. The first-order chi connectivity index (χ1) is 5.70. The molecule has 0 bridgehead atoms. The molecule has 0 radical (unpaired) electrons. The molecular formula is C10H23NS. The van der Waals surface area contributed by atoms with E-state index in [-0.39, 0.29) is 0 Å². The summed E-state index contributed by atoms with van der Waals surface area (Å²) < 4.78 is 0. The molecule has 74 valence electrons. The highest BCUT2D eigenvalue weighted by molar-refractivity contribution is 7.98. The van der Waals surface area contributed by atoms with Crippen LogP contribution in [0.15, 0.2) is 0 Å². The molecule has 12 heavy (non-hydrogen) atoms. The third-order valence-electron chi connectivity index (χ3n) is 1.95. The Balaban J connectivity index is 3.48. The molecule has 0 amide bonds. The molecule has 0 fully saturated rings. The molecule has 0 spiro atoms. The van der Waals surface area contributed by atoms with E-state index in [4.69, 9.17) is 0 Å². The lowest BCUT2D eigenvalue weighted by molar-refractivity contribution is 0.464. The number of hydrogen-bond acceptors (Lipinski definition) is 2. The van der Waals surface area contributed by atoms with Crippen LogP contribution in [-0.2, 0) is 0 Å². The van der Waals surface area contributed by atoms with Gasteiger partial charge in [0.2, 0.25) is 0 Å². The van der Waals surface area contributed by atoms with Crippen molar-refractivity contribution in [3.8, 4) is 0 Å². The second kappa shape index (κ2) is 7.93. The van der Waals surface area contributed by atoms with Gasteiger partial charge in [-0.05, 0) is 31.6 Å². The second-order valence-corrected chi connectivity index (χ2v) is 4.59. The molecule has 1 N–H and O–H groups in total. The topological polar surface area (TPSA) is 12.0 Å². The van der Waals surface area contributed by atoms with E-state index in [1.54, 1.807) is 0 Å². The number of thioether (sulfide) groups is 1. The van der Waals surface area contributed by atoms with Crippen LogP contribution in [0.5, 0.6) is 0 Å². The summed E-state index contributed by atoms with van der Waals surface area (Å²) in [5, 5.41) is 3.52. The maximum Gasteiger partial charge on any atom is 0.0158 e. The van der Waals surface area contributed by atoms with E-state index in [0.717, 1.165) is 18.5 Å². The van der Waals surface area contributed by atoms with Crippen molar-refractivity contribution < 1.29 is 0 Å². The first kappa shape index (κ1) is 12.3. The molecule has 0 saturated heterocycles. The van der Waals surface area contributed by atoms with Gasteiger partial charge in [0.1, 0.15) is 0 Å². The molecular weight excluding hydrogens is 166 g/mol. The molecule has 0 aromatic carbocycles. The van der Waals surface area contributed by atoms with Crippen molar-refractivity contribution in [2.75, 3.05) is 18.6 Å². The van der Waals surface area contributed by atoms with Crippen LogP contribution in [0.2, 0.25) is 0 Å². The summed E-state index contributed by atoms with van der Waals surface area (Å²) in [6.07, 6.45) is 4.85. The van der Waals surface area contributed by atoms with E-state index in [1.807, 2.05) is 11.8 Å². The summed E-state index contributed by atoms with van der Waals surface area (Å²) in [4.78, 5) is 0. The van der Waals surface area contributed by atoms with E-state index >= 15 is 0 Å². The van der Waals surface area contributed by atoms with Gasteiger partial charge in [-0.1, -0.05) is 20.8 Å². The maximum absolute atomic E-state index is 3.52. The summed E-state index contributed by atoms with van der Waals surface area (Å²) in [5.41, 5.74) is 0. The molecule has 1 unspecified atom stereocenters. The number of nitrogens with one attached hydrogen (secondary N) is 1. The molecule has 0 aromatic heterocycles. The Morgan fingerprint density at radius 3 is 2.33 bits per heavy atom. The summed E-state index contributed by atoms with van der Waals surface area (Å²) in [7, 11) is 0. The summed E-state index contributed by atoms with van der Waals surface area (Å²) >= 11 is 1.94. The van der Waals surface area contributed by atoms with Gasteiger partial charge in [-0.15, -0.1) is 0 Å². The normalized spacial score (nSPS) is 13.8. The highest BCUT2D eigenvalue weighted by Gasteiger charge is 2.06. The van der Waals surface area contributed by atoms with Gasteiger partial charge in [0.25, 0.3) is 0 Å². The minimum Gasteiger partial charge on any atom is -0.313 e. The maximum atomic E-state index is 3.52. The van der Waals surface area contributed by atoms with Gasteiger partial charge in [0.05, 0.1) is 0 Å². The Labute approximate surface area is 81.7 Å². The summed E-state index contributed by atoms with van der Waals surface area (Å²) in [5.74, 6) is 2.09. The first-order valence-electron chi connectivity index (χ1n) is 4.93. The van der Waals surface area contributed by atoms with Gasteiger partial charge < -0.3 is 5.32 Å². The fourth-order valence-electron chi connectivity index (χ4n) is 1.27. The third-order valence-corrected chi connectivity index (χ3v) is 2.69. The average molecular weight is 189 g/mol. The van der Waals surface area contributed by atoms with Gasteiger partial charge in [0.15, 0.2) is 0 Å². The number of hydrogen-bond donors (Lipinski definition) is 1. The van der Waals surface area contributed by atoms with Crippen molar-refractivity contribution in [3.63, 3.8) is 0 Å². The summed E-state index contributed by atoms with van der Waals surface area (Å²) in [6, 6.07) is 0.729. The van der Waals surface area contributed by atoms with Crippen LogP contribution in [0.3, 0.4) is 0 Å². The van der Waals surface area contributed by atoms with Crippen molar-refractivity contribution in [1.29, 1.82) is 0 Å². The van der Waals surface area contributed by atoms with Gasteiger partial charge in [0, 0.05) is 11.8 Å². The predicted octanol–water partition coefficient (Wildman–Crippen LogP) is 2.76. The molecule has 1 atom stereocenters. The zero-order valence-corrected chi connectivity index (χ0v) is 9.71. The molecule has 0 heterocycles. The van der Waals surface area contributed by atoms with E-state index in [2.05, 4.69) is 32.3 Å². The van der Waals surface area contributed by atoms with Crippen LogP contribution in [0.25, 0.3) is 0 Å². The molecule has 0 aromatic rings. The van der Waals surface area contributed by atoms with Gasteiger partial charge in [-0.25, -0.2) is 0 Å². The SMILES string of the molecule is CCNC(CCC(C)C)CSC. The quantitative estimate of drug-likeness (QED) is 0.661. The first-order valence-corrected chi connectivity index (χ1v) is 6.32. The minimum atomic E-state index is 0.729. The van der Waals surface area contributed by atoms with Crippen LogP contribution in [0.1, 0.15) is 33.6 Å². The smallest absolute Gasteiger partial charge is 0.0158 e. The highest BCUT2D eigenvalue weighted by Crippen LogP contribution is 2.09. The molecule has 0 aliphatic rings. The van der Waals surface area contributed by atoms with E-state index in [0.29, 0.717) is 0 Å². The Morgan fingerprint density at radius 1 is 1.25 bits per heavy atom. The molecule has 0 saturated carbocycles. The van der Waals surface area contributed by atoms with Crippen molar-refractivity contribution in [2.45, 2.75) is 39.7 Å². The van der Waals surface area contributed by atoms with Crippen LogP contribution in [0.4, 0.5) is 0 Å². The fourth-order valence-corrected chi connectivity index (χ4v) is 1.96. The Bertz CT molecular complexity index is 87.8. The van der Waals surface area contributed by atoms with Gasteiger partial charge >= 0.3 is 0 Å². The highest BCUT2D eigenvalue weighted by atomic mass is 32.2. The largest absolute Gasteiger partial charge is 0.313 e. The van der Waals surface area contributed by atoms with Crippen molar-refractivity contribution >= 4 is 11.8 Å². The molecule has 0 aliphatic heterocycles. The Hall–Kier alpha value is 0.310. The van der Waals surface area contributed by atoms with Gasteiger partial charge in [-0.3, -0.25) is 0 Å². The Morgan fingerprint density at radius 2 is 1.92 bits per heavy atom. The predicted molar refractivity (Wildman–Crippen MR) is 59.9 cm³/mol. The third kappa shape index (κ3) is 6.99. The van der Waals surface area contributed by atoms with Crippen LogP contribution in [-0.4, -0.2) is 24.6 Å². The molecule has 1 nitrogen and oxygen atoms in total. The lowest BCUT2D eigenvalue weighted by Crippen LogP contribution is -2.31. The zero-order chi connectivity index (χ0) is 9.40. The molecule has 0 aliphatic carbocycles. The van der Waals surface area contributed by atoms with Gasteiger partial charge in [-0.2, -0.15) is 11.8 Å². The van der Waals surface area contributed by atoms with Crippen molar-refractivity contribution in [2.24, 2.45) is 5.92 Å². The van der Waals surface area contributed by atoms with Crippen LogP contribution in [0, 0.1) is 5.92 Å². The minimum absolute atomic E-state index is 0.729. The molecule has 0 rings (SSSR count). The Kier molecular flexibility index (Phi) is 8.14. The second-order valence-electron chi connectivity index (χ2n) is 3.68. The molecule has 2 heteroatoms. The average Bonchev–Trinajstić information content (AvgIpc) is 2.01. The summed E-state index contributed by atoms with van der Waals surface area (Å²) in [6.45, 7) is 7.87. The van der Waals surface area contributed by atoms with Crippen LogP contribution < -0.4 is 5.32 Å².